The summed E-state index contributed by atoms with van der Waals surface area (Å²) in [6, 6.07) is 15.4. The molecule has 4 heterocycles. The number of pyridine rings is 2. The molecule has 8 nitrogen and oxygen atoms in total. The number of carbonyl (C=O) groups is 1. The number of carboxylic acids is 1. The monoisotopic (exact) mass is 407 g/mol. The molecule has 0 radical (unpaired) electrons. The highest BCUT2D eigenvalue weighted by atomic mass is 32.2. The van der Waals surface area contributed by atoms with Gasteiger partial charge in [0.15, 0.2) is 5.65 Å². The van der Waals surface area contributed by atoms with E-state index in [0.717, 1.165) is 20.8 Å². The summed E-state index contributed by atoms with van der Waals surface area (Å²) in [6.45, 7) is 0.864. The van der Waals surface area contributed by atoms with E-state index in [4.69, 9.17) is 9.72 Å². The van der Waals surface area contributed by atoms with Crippen molar-refractivity contribution in [3.05, 3.63) is 54.2 Å². The Morgan fingerprint density at radius 1 is 1.14 bits per heavy atom. The number of hydrogen-bond donors (Lipinski definition) is 1. The summed E-state index contributed by atoms with van der Waals surface area (Å²) in [4.78, 5) is 17.8. The van der Waals surface area contributed by atoms with E-state index < -0.39 is 11.4 Å². The molecule has 1 saturated heterocycles. The van der Waals surface area contributed by atoms with Crippen molar-refractivity contribution in [2.45, 2.75) is 28.2 Å². The number of hydrogen-bond acceptors (Lipinski definition) is 7. The molecule has 4 aromatic rings. The topological polar surface area (TPSA) is 102 Å². The summed E-state index contributed by atoms with van der Waals surface area (Å²) in [5.41, 5.74) is 1.23. The van der Waals surface area contributed by atoms with Gasteiger partial charge in [0.2, 0.25) is 0 Å². The van der Waals surface area contributed by atoms with Crippen molar-refractivity contribution in [1.82, 2.24) is 25.0 Å². The fraction of sp³-hybridized carbons (Fsp3) is 0.250. The molecule has 0 amide bonds. The van der Waals surface area contributed by atoms with Crippen LogP contribution in [-0.2, 0) is 14.9 Å². The summed E-state index contributed by atoms with van der Waals surface area (Å²) in [7, 11) is 0. The maximum Gasteiger partial charge on any atom is 0.315 e. The third-order valence-corrected chi connectivity index (χ3v) is 6.25. The first-order chi connectivity index (χ1) is 14.2. The van der Waals surface area contributed by atoms with E-state index in [2.05, 4.69) is 21.6 Å². The Kier molecular flexibility index (Phi) is 4.40. The molecule has 5 rings (SSSR count). The number of aromatic nitrogens is 5. The molecule has 0 bridgehead atoms. The van der Waals surface area contributed by atoms with Gasteiger partial charge in [0, 0.05) is 23.5 Å². The number of ether oxygens (including phenoxy) is 1. The maximum atomic E-state index is 12.1. The third-order valence-electron chi connectivity index (χ3n) is 5.32. The van der Waals surface area contributed by atoms with Gasteiger partial charge >= 0.3 is 5.97 Å². The number of tetrazole rings is 1. The summed E-state index contributed by atoms with van der Waals surface area (Å²) >= 11 is 1.50. The van der Waals surface area contributed by atoms with Crippen LogP contribution >= 0.6 is 11.8 Å². The maximum absolute atomic E-state index is 12.1. The van der Waals surface area contributed by atoms with Crippen molar-refractivity contribution in [2.75, 3.05) is 13.2 Å². The quantitative estimate of drug-likeness (QED) is 0.551. The Balaban J connectivity index is 1.48. The summed E-state index contributed by atoms with van der Waals surface area (Å²) in [6.07, 6.45) is 0.864. The van der Waals surface area contributed by atoms with E-state index >= 15 is 0 Å². The van der Waals surface area contributed by atoms with Crippen LogP contribution in [0, 0.1) is 0 Å². The number of carboxylic acid groups (broad SMARTS) is 1. The van der Waals surface area contributed by atoms with Gasteiger partial charge in [-0.1, -0.05) is 17.8 Å². The van der Waals surface area contributed by atoms with E-state index in [1.54, 1.807) is 10.6 Å². The molecule has 0 spiro atoms. The largest absolute Gasteiger partial charge is 0.481 e. The van der Waals surface area contributed by atoms with Crippen LogP contribution in [0.5, 0.6) is 0 Å². The molecule has 1 aliphatic rings. The molecule has 1 aliphatic heterocycles. The van der Waals surface area contributed by atoms with Gasteiger partial charge in [-0.2, -0.15) is 4.52 Å². The van der Waals surface area contributed by atoms with Crippen LogP contribution in [0.25, 0.3) is 16.6 Å². The number of fused-ring (bicyclic) bond motifs is 3. The van der Waals surface area contributed by atoms with Gasteiger partial charge in [0.1, 0.15) is 10.4 Å². The first-order valence-electron chi connectivity index (χ1n) is 9.23. The van der Waals surface area contributed by atoms with Crippen molar-refractivity contribution in [3.8, 4) is 0 Å². The first kappa shape index (κ1) is 18.0. The molecule has 1 fully saturated rings. The highest BCUT2D eigenvalue weighted by Gasteiger charge is 2.43. The zero-order chi connectivity index (χ0) is 19.8. The molecule has 1 aromatic carbocycles. The van der Waals surface area contributed by atoms with Crippen LogP contribution in [0.1, 0.15) is 18.5 Å². The molecule has 1 N–H and O–H groups in total. The lowest BCUT2D eigenvalue weighted by Gasteiger charge is -2.32. The minimum atomic E-state index is -0.982. The van der Waals surface area contributed by atoms with Crippen molar-refractivity contribution in [2.24, 2.45) is 0 Å². The Labute approximate surface area is 169 Å². The van der Waals surface area contributed by atoms with Crippen molar-refractivity contribution in [3.63, 3.8) is 0 Å². The number of rotatable bonds is 4. The van der Waals surface area contributed by atoms with Gasteiger partial charge in [-0.05, 0) is 65.7 Å². The van der Waals surface area contributed by atoms with Gasteiger partial charge in [-0.15, -0.1) is 5.10 Å². The van der Waals surface area contributed by atoms with Crippen LogP contribution < -0.4 is 0 Å². The van der Waals surface area contributed by atoms with E-state index in [9.17, 15) is 9.90 Å². The van der Waals surface area contributed by atoms with Crippen LogP contribution in [0.2, 0.25) is 0 Å². The lowest BCUT2D eigenvalue weighted by atomic mass is 9.77. The molecule has 9 heteroatoms. The third kappa shape index (κ3) is 3.12. The summed E-state index contributed by atoms with van der Waals surface area (Å²) in [5, 5.41) is 23.4. The molecule has 29 heavy (non-hydrogen) atoms. The zero-order valence-corrected chi connectivity index (χ0v) is 16.2. The van der Waals surface area contributed by atoms with E-state index in [1.165, 1.54) is 11.8 Å². The second-order valence-corrected chi connectivity index (χ2v) is 8.06. The molecule has 146 valence electrons. The van der Waals surface area contributed by atoms with Crippen molar-refractivity contribution < 1.29 is 14.6 Å². The van der Waals surface area contributed by atoms with Crippen LogP contribution in [0.3, 0.4) is 0 Å². The second kappa shape index (κ2) is 7.09. The van der Waals surface area contributed by atoms with Gasteiger partial charge < -0.3 is 9.84 Å². The van der Waals surface area contributed by atoms with Gasteiger partial charge in [0.25, 0.3) is 0 Å². The van der Waals surface area contributed by atoms with Crippen LogP contribution in [-0.4, -0.2) is 49.3 Å². The lowest BCUT2D eigenvalue weighted by Crippen LogP contribution is -2.42. The number of nitrogens with zero attached hydrogens (tertiary/aromatic N) is 5. The highest BCUT2D eigenvalue weighted by molar-refractivity contribution is 7.99. The molecule has 3 aromatic heterocycles. The molecule has 0 atom stereocenters. The molecule has 0 aliphatic carbocycles. The van der Waals surface area contributed by atoms with Crippen molar-refractivity contribution >= 4 is 34.3 Å². The standard InChI is InChI=1S/C20H17N5O3S/c26-19(27)20(8-10-28-11-9-20)16-2-1-3-18(21-16)29-14-5-6-15-13(12-14)4-7-17-22-23-24-25(15)17/h1-7,12H,8-11H2,(H,26,27). The smallest absolute Gasteiger partial charge is 0.315 e. The number of aliphatic carboxylic acids is 1. The van der Waals surface area contributed by atoms with E-state index in [-0.39, 0.29) is 0 Å². The fourth-order valence-corrected chi connectivity index (χ4v) is 4.57. The zero-order valence-electron chi connectivity index (χ0n) is 15.4. The highest BCUT2D eigenvalue weighted by Crippen LogP contribution is 2.36. The SMILES string of the molecule is O=C(O)C1(c2cccc(Sc3ccc4c(ccc5nnnn54)c3)n2)CCOCC1. The average molecular weight is 407 g/mol. The predicted octanol–water partition coefficient (Wildman–Crippen LogP) is 2.96. The minimum absolute atomic E-state index is 0.432. The molecular formula is C20H17N5O3S. The Morgan fingerprint density at radius 3 is 2.83 bits per heavy atom. The average Bonchev–Trinajstić information content (AvgIpc) is 3.23. The normalized spacial score (nSPS) is 16.3. The minimum Gasteiger partial charge on any atom is -0.481 e. The Bertz CT molecular complexity index is 1220. The van der Waals surface area contributed by atoms with E-state index in [1.807, 2.05) is 36.4 Å². The summed E-state index contributed by atoms with van der Waals surface area (Å²) in [5.74, 6) is -0.841. The van der Waals surface area contributed by atoms with Crippen molar-refractivity contribution in [1.29, 1.82) is 0 Å². The van der Waals surface area contributed by atoms with Gasteiger partial charge in [0.05, 0.1) is 11.2 Å². The Hall–Kier alpha value is -3.04. The van der Waals surface area contributed by atoms with Crippen LogP contribution in [0.4, 0.5) is 0 Å². The summed E-state index contributed by atoms with van der Waals surface area (Å²) < 4.78 is 7.07. The molecule has 0 saturated carbocycles. The number of benzene rings is 1. The van der Waals surface area contributed by atoms with Gasteiger partial charge in [-0.25, -0.2) is 4.98 Å². The second-order valence-electron chi connectivity index (χ2n) is 6.97. The first-order valence-corrected chi connectivity index (χ1v) is 10.0. The predicted molar refractivity (Wildman–Crippen MR) is 106 cm³/mol. The van der Waals surface area contributed by atoms with E-state index in [0.29, 0.717) is 37.4 Å². The molecule has 0 unspecified atom stereocenters. The Morgan fingerprint density at radius 2 is 2.00 bits per heavy atom. The van der Waals surface area contributed by atoms with Crippen LogP contribution in [0.15, 0.2) is 58.5 Å². The lowest BCUT2D eigenvalue weighted by molar-refractivity contribution is -0.148. The molecular weight excluding hydrogens is 390 g/mol. The van der Waals surface area contributed by atoms with Gasteiger partial charge in [-0.3, -0.25) is 4.79 Å². The fourth-order valence-electron chi connectivity index (χ4n) is 3.71.